The van der Waals surface area contributed by atoms with Gasteiger partial charge in [-0.2, -0.15) is 0 Å². The van der Waals surface area contributed by atoms with E-state index in [4.69, 9.17) is 0 Å². The maximum atomic E-state index is 12.7. The van der Waals surface area contributed by atoms with E-state index in [2.05, 4.69) is 49.5 Å². The van der Waals surface area contributed by atoms with Gasteiger partial charge in [-0.1, -0.05) is 42.0 Å². The van der Waals surface area contributed by atoms with Gasteiger partial charge in [-0.25, -0.2) is 4.79 Å². The van der Waals surface area contributed by atoms with Gasteiger partial charge in [-0.15, -0.1) is 0 Å². The fourth-order valence-electron chi connectivity index (χ4n) is 3.22. The van der Waals surface area contributed by atoms with E-state index in [-0.39, 0.29) is 12.1 Å². The molecular weight excluding hydrogens is 284 g/mol. The summed E-state index contributed by atoms with van der Waals surface area (Å²) in [5, 5.41) is 3.09. The SMILES string of the molecule is Cc1ccc([C@@H]2CCCN2C(=O)Nc2cccc(C)c2C)cc1. The summed E-state index contributed by atoms with van der Waals surface area (Å²) in [7, 11) is 0. The van der Waals surface area contributed by atoms with Crippen LogP contribution in [0.25, 0.3) is 0 Å². The molecule has 2 aromatic rings. The van der Waals surface area contributed by atoms with Crippen molar-refractivity contribution in [3.63, 3.8) is 0 Å². The predicted molar refractivity (Wildman–Crippen MR) is 94.8 cm³/mol. The first kappa shape index (κ1) is 15.6. The van der Waals surface area contributed by atoms with Crippen molar-refractivity contribution in [2.75, 3.05) is 11.9 Å². The summed E-state index contributed by atoms with van der Waals surface area (Å²) < 4.78 is 0. The first-order valence-electron chi connectivity index (χ1n) is 8.26. The van der Waals surface area contributed by atoms with Gasteiger partial charge in [0.1, 0.15) is 0 Å². The molecule has 1 aliphatic rings. The van der Waals surface area contributed by atoms with Crippen LogP contribution in [-0.4, -0.2) is 17.5 Å². The molecule has 0 aromatic heterocycles. The van der Waals surface area contributed by atoms with E-state index in [1.807, 2.05) is 24.0 Å². The molecule has 1 fully saturated rings. The molecular formula is C20H24N2O. The van der Waals surface area contributed by atoms with Crippen LogP contribution in [0.15, 0.2) is 42.5 Å². The number of hydrogen-bond donors (Lipinski definition) is 1. The van der Waals surface area contributed by atoms with E-state index in [0.717, 1.165) is 30.6 Å². The normalized spacial score (nSPS) is 17.3. The Bertz CT molecular complexity index is 706. The lowest BCUT2D eigenvalue weighted by atomic mass is 10.0. The molecule has 23 heavy (non-hydrogen) atoms. The quantitative estimate of drug-likeness (QED) is 0.833. The first-order chi connectivity index (χ1) is 11.1. The highest BCUT2D eigenvalue weighted by Crippen LogP contribution is 2.32. The van der Waals surface area contributed by atoms with Crippen molar-refractivity contribution in [2.45, 2.75) is 39.7 Å². The number of nitrogens with one attached hydrogen (secondary N) is 1. The topological polar surface area (TPSA) is 32.3 Å². The summed E-state index contributed by atoms with van der Waals surface area (Å²) >= 11 is 0. The Labute approximate surface area is 138 Å². The lowest BCUT2D eigenvalue weighted by Gasteiger charge is -2.26. The minimum atomic E-state index is 0.00164. The van der Waals surface area contributed by atoms with Crippen LogP contribution in [0.2, 0.25) is 0 Å². The third-order valence-electron chi connectivity index (χ3n) is 4.82. The van der Waals surface area contributed by atoms with Gasteiger partial charge in [0.05, 0.1) is 6.04 Å². The number of anilines is 1. The highest BCUT2D eigenvalue weighted by molar-refractivity contribution is 5.90. The van der Waals surface area contributed by atoms with Gasteiger partial charge in [-0.05, 0) is 56.4 Å². The predicted octanol–water partition coefficient (Wildman–Crippen LogP) is 4.98. The van der Waals surface area contributed by atoms with Crippen molar-refractivity contribution in [2.24, 2.45) is 0 Å². The number of aryl methyl sites for hydroxylation is 2. The maximum absolute atomic E-state index is 12.7. The van der Waals surface area contributed by atoms with E-state index < -0.39 is 0 Å². The van der Waals surface area contributed by atoms with Gasteiger partial charge >= 0.3 is 6.03 Å². The Morgan fingerprint density at radius 1 is 1.09 bits per heavy atom. The van der Waals surface area contributed by atoms with E-state index in [1.165, 1.54) is 16.7 Å². The number of amides is 2. The fraction of sp³-hybridized carbons (Fsp3) is 0.350. The van der Waals surface area contributed by atoms with Gasteiger partial charge in [0.25, 0.3) is 0 Å². The third-order valence-corrected chi connectivity index (χ3v) is 4.82. The Balaban J connectivity index is 1.78. The molecule has 1 heterocycles. The monoisotopic (exact) mass is 308 g/mol. The molecule has 1 aliphatic heterocycles. The molecule has 1 N–H and O–H groups in total. The second kappa shape index (κ2) is 6.45. The zero-order valence-corrected chi connectivity index (χ0v) is 14.1. The van der Waals surface area contributed by atoms with Crippen LogP contribution in [0.1, 0.15) is 41.1 Å². The lowest BCUT2D eigenvalue weighted by molar-refractivity contribution is 0.207. The van der Waals surface area contributed by atoms with Crippen molar-refractivity contribution in [1.29, 1.82) is 0 Å². The largest absolute Gasteiger partial charge is 0.322 e. The summed E-state index contributed by atoms with van der Waals surface area (Å²) in [6.07, 6.45) is 2.09. The second-order valence-electron chi connectivity index (χ2n) is 6.44. The number of urea groups is 1. The summed E-state index contributed by atoms with van der Waals surface area (Å²) in [6, 6.07) is 14.7. The molecule has 3 nitrogen and oxygen atoms in total. The lowest BCUT2D eigenvalue weighted by Crippen LogP contribution is -2.34. The molecule has 0 unspecified atom stereocenters. The molecule has 2 amide bonds. The summed E-state index contributed by atoms with van der Waals surface area (Å²) in [5.74, 6) is 0. The van der Waals surface area contributed by atoms with Gasteiger partial charge in [0, 0.05) is 12.2 Å². The molecule has 1 saturated heterocycles. The minimum Gasteiger partial charge on any atom is -0.317 e. The van der Waals surface area contributed by atoms with Crippen LogP contribution in [-0.2, 0) is 0 Å². The number of carbonyl (C=O) groups excluding carboxylic acids is 1. The summed E-state index contributed by atoms with van der Waals surface area (Å²) in [4.78, 5) is 14.7. The molecule has 3 rings (SSSR count). The molecule has 1 atom stereocenters. The van der Waals surface area contributed by atoms with Crippen molar-refractivity contribution in [3.8, 4) is 0 Å². The van der Waals surface area contributed by atoms with Crippen LogP contribution in [0.3, 0.4) is 0 Å². The molecule has 0 spiro atoms. The van der Waals surface area contributed by atoms with Gasteiger partial charge in [0.15, 0.2) is 0 Å². The first-order valence-corrected chi connectivity index (χ1v) is 8.26. The minimum absolute atomic E-state index is 0.00164. The van der Waals surface area contributed by atoms with Crippen LogP contribution in [0, 0.1) is 20.8 Å². The van der Waals surface area contributed by atoms with E-state index in [1.54, 1.807) is 0 Å². The Morgan fingerprint density at radius 3 is 2.57 bits per heavy atom. The average molecular weight is 308 g/mol. The molecule has 0 saturated carbocycles. The van der Waals surface area contributed by atoms with Crippen LogP contribution >= 0.6 is 0 Å². The van der Waals surface area contributed by atoms with Crippen LogP contribution < -0.4 is 5.32 Å². The Kier molecular flexibility index (Phi) is 4.37. The zero-order valence-electron chi connectivity index (χ0n) is 14.1. The number of likely N-dealkylation sites (tertiary alicyclic amines) is 1. The number of benzene rings is 2. The molecule has 0 bridgehead atoms. The van der Waals surface area contributed by atoms with Crippen molar-refractivity contribution in [1.82, 2.24) is 4.90 Å². The highest BCUT2D eigenvalue weighted by Gasteiger charge is 2.30. The zero-order chi connectivity index (χ0) is 16.4. The van der Waals surface area contributed by atoms with E-state index in [9.17, 15) is 4.79 Å². The van der Waals surface area contributed by atoms with Crippen molar-refractivity contribution < 1.29 is 4.79 Å². The standard InChI is InChI=1S/C20H24N2O/c1-14-9-11-17(12-10-14)19-8-5-13-22(19)20(23)21-18-7-4-6-15(2)16(18)3/h4,6-7,9-12,19H,5,8,13H2,1-3H3,(H,21,23)/t19-/m0/s1. The van der Waals surface area contributed by atoms with Crippen LogP contribution in [0.4, 0.5) is 10.5 Å². The van der Waals surface area contributed by atoms with Crippen molar-refractivity contribution >= 4 is 11.7 Å². The summed E-state index contributed by atoms with van der Waals surface area (Å²) in [6.45, 7) is 7.01. The molecule has 3 heteroatoms. The number of nitrogens with zero attached hydrogens (tertiary/aromatic N) is 1. The Morgan fingerprint density at radius 2 is 1.83 bits per heavy atom. The van der Waals surface area contributed by atoms with E-state index >= 15 is 0 Å². The van der Waals surface area contributed by atoms with Gasteiger partial charge in [-0.3, -0.25) is 0 Å². The van der Waals surface area contributed by atoms with Crippen LogP contribution in [0.5, 0.6) is 0 Å². The smallest absolute Gasteiger partial charge is 0.317 e. The van der Waals surface area contributed by atoms with Gasteiger partial charge in [0.2, 0.25) is 0 Å². The van der Waals surface area contributed by atoms with Gasteiger partial charge < -0.3 is 10.2 Å². The maximum Gasteiger partial charge on any atom is 0.322 e. The number of hydrogen-bond acceptors (Lipinski definition) is 1. The Hall–Kier alpha value is -2.29. The van der Waals surface area contributed by atoms with E-state index in [0.29, 0.717) is 0 Å². The molecule has 0 aliphatic carbocycles. The highest BCUT2D eigenvalue weighted by atomic mass is 16.2. The third kappa shape index (κ3) is 3.24. The molecule has 2 aromatic carbocycles. The average Bonchev–Trinajstić information content (AvgIpc) is 3.02. The summed E-state index contributed by atoms with van der Waals surface area (Å²) in [5.41, 5.74) is 5.71. The number of carbonyl (C=O) groups is 1. The second-order valence-corrected chi connectivity index (χ2v) is 6.44. The molecule has 0 radical (unpaired) electrons. The molecule has 120 valence electrons. The van der Waals surface area contributed by atoms with Crippen molar-refractivity contribution in [3.05, 3.63) is 64.7 Å². The fourth-order valence-corrected chi connectivity index (χ4v) is 3.22. The number of rotatable bonds is 2.